The molecule has 2 aliphatic rings. The van der Waals surface area contributed by atoms with Crippen LogP contribution in [0.3, 0.4) is 0 Å². The second-order valence-electron chi connectivity index (χ2n) is 8.72. The molecule has 0 spiro atoms. The third-order valence-electron chi connectivity index (χ3n) is 6.68. The van der Waals surface area contributed by atoms with Crippen LogP contribution in [0.5, 0.6) is 5.75 Å². The molecule has 1 saturated heterocycles. The Balaban J connectivity index is 1.46. The van der Waals surface area contributed by atoms with Crippen molar-refractivity contribution in [3.8, 4) is 5.75 Å². The lowest BCUT2D eigenvalue weighted by Crippen LogP contribution is -2.35. The Bertz CT molecular complexity index is 1200. The summed E-state index contributed by atoms with van der Waals surface area (Å²) in [5, 5.41) is 0. The average molecular weight is 449 g/mol. The Labute approximate surface area is 190 Å². The van der Waals surface area contributed by atoms with Gasteiger partial charge in [0.1, 0.15) is 5.75 Å². The molecule has 2 heterocycles. The summed E-state index contributed by atoms with van der Waals surface area (Å²) >= 11 is 0. The Hall–Kier alpha value is -2.67. The van der Waals surface area contributed by atoms with Crippen molar-refractivity contribution in [3.63, 3.8) is 0 Å². The number of benzene rings is 3. The van der Waals surface area contributed by atoms with E-state index >= 15 is 0 Å². The lowest BCUT2D eigenvalue weighted by atomic mass is 9.87. The van der Waals surface area contributed by atoms with Gasteiger partial charge in [0, 0.05) is 44.7 Å². The molecule has 2 atom stereocenters. The van der Waals surface area contributed by atoms with Crippen LogP contribution in [0, 0.1) is 5.92 Å². The zero-order chi connectivity index (χ0) is 22.1. The summed E-state index contributed by atoms with van der Waals surface area (Å²) in [5.74, 6) is 1.14. The lowest BCUT2D eigenvalue weighted by Gasteiger charge is -2.24. The van der Waals surface area contributed by atoms with Gasteiger partial charge in [-0.2, -0.15) is 4.31 Å². The lowest BCUT2D eigenvalue weighted by molar-refractivity contribution is 0.293. The second kappa shape index (κ2) is 8.70. The van der Waals surface area contributed by atoms with Gasteiger partial charge < -0.3 is 4.74 Å². The van der Waals surface area contributed by atoms with Crippen molar-refractivity contribution in [2.24, 2.45) is 5.92 Å². The van der Waals surface area contributed by atoms with Crippen molar-refractivity contribution >= 4 is 10.0 Å². The van der Waals surface area contributed by atoms with Gasteiger partial charge in [-0.15, -0.1) is 0 Å². The maximum Gasteiger partial charge on any atom is 0.243 e. The predicted octanol–water partition coefficient (Wildman–Crippen LogP) is 4.12. The van der Waals surface area contributed by atoms with Crippen LogP contribution in [0.25, 0.3) is 0 Å². The van der Waals surface area contributed by atoms with Gasteiger partial charge in [0.05, 0.1) is 12.0 Å². The second-order valence-corrected chi connectivity index (χ2v) is 10.7. The monoisotopic (exact) mass is 448 g/mol. The highest BCUT2D eigenvalue weighted by Crippen LogP contribution is 2.40. The van der Waals surface area contributed by atoms with Crippen molar-refractivity contribution < 1.29 is 13.2 Å². The van der Waals surface area contributed by atoms with E-state index in [4.69, 9.17) is 4.74 Å². The molecule has 1 fully saturated rings. The molecule has 166 valence electrons. The third-order valence-corrected chi connectivity index (χ3v) is 8.49. The van der Waals surface area contributed by atoms with Crippen molar-refractivity contribution in [3.05, 3.63) is 95.6 Å². The fourth-order valence-electron chi connectivity index (χ4n) is 5.12. The van der Waals surface area contributed by atoms with E-state index in [2.05, 4.69) is 47.4 Å². The largest absolute Gasteiger partial charge is 0.497 e. The number of hydrogen-bond acceptors (Lipinski definition) is 4. The Morgan fingerprint density at radius 3 is 2.50 bits per heavy atom. The molecule has 0 aliphatic carbocycles. The topological polar surface area (TPSA) is 49.9 Å². The molecule has 0 unspecified atom stereocenters. The van der Waals surface area contributed by atoms with Crippen LogP contribution in [0.2, 0.25) is 0 Å². The highest BCUT2D eigenvalue weighted by molar-refractivity contribution is 7.89. The van der Waals surface area contributed by atoms with Crippen LogP contribution >= 0.6 is 0 Å². The zero-order valence-electron chi connectivity index (χ0n) is 18.2. The molecule has 3 aromatic carbocycles. The predicted molar refractivity (Wildman–Crippen MR) is 125 cm³/mol. The molecule has 32 heavy (non-hydrogen) atoms. The minimum Gasteiger partial charge on any atom is -0.497 e. The standard InChI is InChI=1S/C26H28N2O3S/c1-31-23-11-7-12-24(14-23)32(29,30)28-17-21-10-5-6-13-25(21)26-19-27(16-22(26)18-28)15-20-8-3-2-4-9-20/h2-14,22,26H,15-19H2,1H3/t22-,26+/m1/s1. The maximum absolute atomic E-state index is 13.6. The molecule has 0 saturated carbocycles. The van der Waals surface area contributed by atoms with E-state index in [-0.39, 0.29) is 10.8 Å². The first-order valence-corrected chi connectivity index (χ1v) is 12.5. The van der Waals surface area contributed by atoms with E-state index in [9.17, 15) is 8.42 Å². The summed E-state index contributed by atoms with van der Waals surface area (Å²) in [6, 6.07) is 25.6. The third kappa shape index (κ3) is 4.06. The Morgan fingerprint density at radius 1 is 0.906 bits per heavy atom. The van der Waals surface area contributed by atoms with E-state index < -0.39 is 10.0 Å². The first-order chi connectivity index (χ1) is 15.5. The van der Waals surface area contributed by atoms with Crippen molar-refractivity contribution in [2.75, 3.05) is 26.7 Å². The molecule has 3 aromatic rings. The minimum atomic E-state index is -3.64. The van der Waals surface area contributed by atoms with Crippen LogP contribution < -0.4 is 4.74 Å². The molecule has 5 nitrogen and oxygen atoms in total. The summed E-state index contributed by atoms with van der Waals surface area (Å²) in [7, 11) is -2.09. The molecule has 5 rings (SSSR count). The maximum atomic E-state index is 13.6. The number of fused-ring (bicyclic) bond motifs is 3. The number of nitrogens with zero attached hydrogens (tertiary/aromatic N) is 2. The quantitative estimate of drug-likeness (QED) is 0.589. The van der Waals surface area contributed by atoms with Crippen LogP contribution in [0.4, 0.5) is 0 Å². The van der Waals surface area contributed by atoms with Crippen LogP contribution in [0.1, 0.15) is 22.6 Å². The van der Waals surface area contributed by atoms with Gasteiger partial charge in [-0.25, -0.2) is 8.42 Å². The number of sulfonamides is 1. The van der Waals surface area contributed by atoms with E-state index in [1.54, 1.807) is 35.7 Å². The summed E-state index contributed by atoms with van der Waals surface area (Å²) in [6.45, 7) is 3.64. The number of hydrogen-bond donors (Lipinski definition) is 0. The van der Waals surface area contributed by atoms with E-state index in [0.29, 0.717) is 24.8 Å². The van der Waals surface area contributed by atoms with Gasteiger partial charge in [-0.05, 0) is 34.7 Å². The molecular weight excluding hydrogens is 420 g/mol. The number of likely N-dealkylation sites (tertiary alicyclic amines) is 1. The normalized spacial score (nSPS) is 21.5. The molecule has 0 N–H and O–H groups in total. The van der Waals surface area contributed by atoms with Crippen molar-refractivity contribution in [1.29, 1.82) is 0 Å². The average Bonchev–Trinajstić information content (AvgIpc) is 3.14. The molecule has 0 bridgehead atoms. The van der Waals surface area contributed by atoms with Gasteiger partial charge in [-0.3, -0.25) is 4.90 Å². The highest BCUT2D eigenvalue weighted by atomic mass is 32.2. The molecule has 0 radical (unpaired) electrons. The summed E-state index contributed by atoms with van der Waals surface area (Å²) < 4.78 is 34.2. The highest BCUT2D eigenvalue weighted by Gasteiger charge is 2.41. The first kappa shape index (κ1) is 21.2. The van der Waals surface area contributed by atoms with Gasteiger partial charge in [0.25, 0.3) is 0 Å². The minimum absolute atomic E-state index is 0.253. The van der Waals surface area contributed by atoms with Gasteiger partial charge in [-0.1, -0.05) is 60.7 Å². The van der Waals surface area contributed by atoms with E-state index in [1.807, 2.05) is 12.1 Å². The van der Waals surface area contributed by atoms with Crippen molar-refractivity contribution in [1.82, 2.24) is 9.21 Å². The van der Waals surface area contributed by atoms with E-state index in [1.165, 1.54) is 11.1 Å². The van der Waals surface area contributed by atoms with Crippen molar-refractivity contribution in [2.45, 2.75) is 23.9 Å². The van der Waals surface area contributed by atoms with Crippen LogP contribution in [-0.2, 0) is 23.1 Å². The fourth-order valence-corrected chi connectivity index (χ4v) is 6.63. The SMILES string of the molecule is COc1cccc(S(=O)(=O)N2Cc3ccccc3[C@H]3CN(Cc4ccccc4)C[C@@H]3C2)c1. The number of rotatable bonds is 5. The van der Waals surface area contributed by atoms with Crippen LogP contribution in [-0.4, -0.2) is 44.4 Å². The van der Waals surface area contributed by atoms with Crippen LogP contribution in [0.15, 0.2) is 83.8 Å². The summed E-state index contributed by atoms with van der Waals surface area (Å²) in [4.78, 5) is 2.75. The molecule has 6 heteroatoms. The molecule has 2 aliphatic heterocycles. The molecule has 0 amide bonds. The summed E-state index contributed by atoms with van der Waals surface area (Å²) in [5.41, 5.74) is 3.68. The smallest absolute Gasteiger partial charge is 0.243 e. The number of ether oxygens (including phenoxy) is 1. The Kier molecular flexibility index (Phi) is 5.76. The number of methoxy groups -OCH3 is 1. The fraction of sp³-hybridized carbons (Fsp3) is 0.308. The van der Waals surface area contributed by atoms with Gasteiger partial charge >= 0.3 is 0 Å². The Morgan fingerprint density at radius 2 is 1.69 bits per heavy atom. The first-order valence-electron chi connectivity index (χ1n) is 11.0. The van der Waals surface area contributed by atoms with E-state index in [0.717, 1.165) is 25.2 Å². The zero-order valence-corrected chi connectivity index (χ0v) is 19.0. The van der Waals surface area contributed by atoms with Gasteiger partial charge in [0.2, 0.25) is 10.0 Å². The van der Waals surface area contributed by atoms with Gasteiger partial charge in [0.15, 0.2) is 0 Å². The molecular formula is C26H28N2O3S. The summed E-state index contributed by atoms with van der Waals surface area (Å²) in [6.07, 6.45) is 0. The molecule has 0 aromatic heterocycles.